The largest absolute Gasteiger partial charge is 0.325 e. The molecule has 0 bridgehead atoms. The van der Waals surface area contributed by atoms with Crippen LogP contribution in [0.2, 0.25) is 0 Å². The van der Waals surface area contributed by atoms with E-state index in [9.17, 15) is 0 Å². The maximum absolute atomic E-state index is 8.39. The zero-order chi connectivity index (χ0) is 36.0. The number of rotatable bonds is 5. The molecule has 4 fully saturated rings. The van der Waals surface area contributed by atoms with Gasteiger partial charge in [0.2, 0.25) is 0 Å². The van der Waals surface area contributed by atoms with Crippen molar-refractivity contribution >= 4 is 42.5 Å². The van der Waals surface area contributed by atoms with Crippen molar-refractivity contribution in [2.24, 2.45) is 5.41 Å². The number of allylic oxidation sites excluding steroid dienone is 2. The molecule has 0 spiro atoms. The topological polar surface area (TPSA) is 6.48 Å². The third-order valence-corrected chi connectivity index (χ3v) is 17.2. The smallest absolute Gasteiger partial charge is 0.114 e. The Morgan fingerprint density at radius 2 is 1.14 bits per heavy atom. The minimum atomic E-state index is -0.468. The van der Waals surface area contributed by atoms with Gasteiger partial charge in [-0.1, -0.05) is 103 Å². The third kappa shape index (κ3) is 8.60. The average molecular weight is 835 g/mol. The first-order chi connectivity index (χ1) is 23.7. The van der Waals surface area contributed by atoms with Crippen molar-refractivity contribution in [1.82, 2.24) is 0 Å². The molecule has 280 valence electrons. The summed E-state index contributed by atoms with van der Waals surface area (Å²) in [7, 11) is -0.468. The van der Waals surface area contributed by atoms with Crippen molar-refractivity contribution in [3.05, 3.63) is 86.4 Å². The second kappa shape index (κ2) is 16.7. The van der Waals surface area contributed by atoms with Crippen molar-refractivity contribution in [2.75, 3.05) is 22.9 Å². The van der Waals surface area contributed by atoms with Crippen LogP contribution in [0.15, 0.2) is 53.0 Å². The van der Waals surface area contributed by atoms with E-state index in [1.807, 2.05) is 0 Å². The Kier molecular flexibility index (Phi) is 13.5. The molecule has 0 aromatic heterocycles. The zero-order valence-electron chi connectivity index (χ0n) is 33.0. The normalized spacial score (nSPS) is 23.9. The fraction of sp³-hybridized carbons (Fsp3) is 0.622. The summed E-state index contributed by atoms with van der Waals surface area (Å²) < 4.78 is -0.419. The van der Waals surface area contributed by atoms with Crippen LogP contribution in [0.5, 0.6) is 0 Å². The Hall–Kier alpha value is -1.07. The van der Waals surface area contributed by atoms with Gasteiger partial charge in [0.15, 0.2) is 0 Å². The SMILES string of the molecule is Cc1cc(C)c(N2CCN(c3c(C)cc(C)cc3C)C2=C2CCC(Cl)(P(C3CCCCC3)C3CCCCC3)C(=C=CC(C)(C)C)C2Cl)c(C)c1.[Ru]. The van der Waals surface area contributed by atoms with Gasteiger partial charge in [-0.25, -0.2) is 0 Å². The van der Waals surface area contributed by atoms with Crippen LogP contribution in [0.1, 0.15) is 131 Å². The maximum atomic E-state index is 8.39. The summed E-state index contributed by atoms with van der Waals surface area (Å²) in [6.45, 7) is 22.2. The number of alkyl halides is 2. The second-order valence-electron chi connectivity index (χ2n) is 17.3. The van der Waals surface area contributed by atoms with E-state index in [-0.39, 0.29) is 30.3 Å². The standard InChI is InChI=1S/C45H63Cl2N2P.Ru/c1-30-26-32(3)41(33(4)27-30)48-24-25-49(42-34(5)28-31(2)29-35(42)6)43(48)38-20-23-45(47,39(40(38)46)21-22-44(7,8)9)50(36-16-12-10-13-17-36)37-18-14-11-15-19-37;/h22,26-29,36-37,40H,10-20,23-25H2,1-9H3;. The monoisotopic (exact) mass is 834 g/mol. The van der Waals surface area contributed by atoms with Crippen LogP contribution in [0, 0.1) is 47.0 Å². The molecular formula is C45H63Cl2N2PRu. The minimum absolute atomic E-state index is 0. The zero-order valence-corrected chi connectivity index (χ0v) is 37.1. The predicted molar refractivity (Wildman–Crippen MR) is 222 cm³/mol. The Morgan fingerprint density at radius 3 is 1.53 bits per heavy atom. The van der Waals surface area contributed by atoms with Crippen LogP contribution < -0.4 is 9.80 Å². The van der Waals surface area contributed by atoms with Gasteiger partial charge in [0.25, 0.3) is 0 Å². The van der Waals surface area contributed by atoms with Gasteiger partial charge in [-0.2, -0.15) is 0 Å². The summed E-state index contributed by atoms with van der Waals surface area (Å²) in [5, 5.41) is -0.299. The van der Waals surface area contributed by atoms with Gasteiger partial charge in [0.05, 0.1) is 9.99 Å². The van der Waals surface area contributed by atoms with E-state index in [1.165, 1.54) is 126 Å². The minimum Gasteiger partial charge on any atom is -0.325 e. The Morgan fingerprint density at radius 1 is 0.725 bits per heavy atom. The van der Waals surface area contributed by atoms with Gasteiger partial charge in [0, 0.05) is 49.5 Å². The van der Waals surface area contributed by atoms with Crippen LogP contribution in [-0.4, -0.2) is 34.4 Å². The van der Waals surface area contributed by atoms with Crippen LogP contribution in [0.25, 0.3) is 0 Å². The molecule has 2 atom stereocenters. The summed E-state index contributed by atoms with van der Waals surface area (Å²) in [6.07, 6.45) is 17.7. The fourth-order valence-electron chi connectivity index (χ4n) is 10.0. The molecule has 1 heterocycles. The first-order valence-corrected chi connectivity index (χ1v) is 22.0. The first-order valence-electron chi connectivity index (χ1n) is 19.7. The Bertz CT molecular complexity index is 1540. The molecule has 1 saturated heterocycles. The van der Waals surface area contributed by atoms with E-state index in [4.69, 9.17) is 23.2 Å². The van der Waals surface area contributed by atoms with Gasteiger partial charge in [-0.3, -0.25) is 0 Å². The molecule has 6 rings (SSSR count). The fourth-order valence-corrected chi connectivity index (χ4v) is 16.1. The summed E-state index contributed by atoms with van der Waals surface area (Å²) in [5.41, 5.74) is 18.5. The van der Waals surface area contributed by atoms with Gasteiger partial charge in [-0.15, -0.1) is 28.9 Å². The second-order valence-corrected chi connectivity index (χ2v) is 21.7. The van der Waals surface area contributed by atoms with Gasteiger partial charge in [-0.05, 0) is 131 Å². The predicted octanol–water partition coefficient (Wildman–Crippen LogP) is 13.7. The summed E-state index contributed by atoms with van der Waals surface area (Å²) in [5.74, 6) is 1.28. The molecule has 0 N–H and O–H groups in total. The van der Waals surface area contributed by atoms with E-state index < -0.39 is 12.5 Å². The molecule has 2 unspecified atom stereocenters. The first kappa shape index (κ1) is 41.1. The van der Waals surface area contributed by atoms with Crippen molar-refractivity contribution in [1.29, 1.82) is 0 Å². The molecule has 0 amide bonds. The summed E-state index contributed by atoms with van der Waals surface area (Å²) in [6, 6.07) is 9.38. The van der Waals surface area contributed by atoms with Gasteiger partial charge < -0.3 is 9.80 Å². The van der Waals surface area contributed by atoms with Crippen LogP contribution >= 0.6 is 31.1 Å². The summed E-state index contributed by atoms with van der Waals surface area (Å²) in [4.78, 5) is 5.23. The van der Waals surface area contributed by atoms with E-state index in [1.54, 1.807) is 0 Å². The molecule has 3 saturated carbocycles. The van der Waals surface area contributed by atoms with Gasteiger partial charge >= 0.3 is 0 Å². The van der Waals surface area contributed by atoms with E-state index >= 15 is 0 Å². The van der Waals surface area contributed by atoms with Crippen molar-refractivity contribution in [3.8, 4) is 0 Å². The number of anilines is 2. The maximum Gasteiger partial charge on any atom is 0.114 e. The number of nitrogens with zero attached hydrogens (tertiary/aromatic N) is 2. The van der Waals surface area contributed by atoms with Crippen LogP contribution in [0.3, 0.4) is 0 Å². The van der Waals surface area contributed by atoms with Crippen molar-refractivity contribution in [2.45, 2.75) is 161 Å². The molecule has 51 heavy (non-hydrogen) atoms. The number of aryl methyl sites for hydroxylation is 6. The molecule has 2 nitrogen and oxygen atoms in total. The van der Waals surface area contributed by atoms with Crippen molar-refractivity contribution < 1.29 is 19.5 Å². The van der Waals surface area contributed by atoms with E-state index in [0.717, 1.165) is 37.2 Å². The number of hydrogen-bond donors (Lipinski definition) is 0. The molecule has 1 aliphatic heterocycles. The number of halogens is 2. The quantitative estimate of drug-likeness (QED) is 0.128. The molecule has 2 aromatic rings. The molecule has 6 heteroatoms. The average Bonchev–Trinajstić information content (AvgIpc) is 3.44. The number of hydrogen-bond acceptors (Lipinski definition) is 2. The van der Waals surface area contributed by atoms with Crippen LogP contribution in [0.4, 0.5) is 11.4 Å². The van der Waals surface area contributed by atoms with Gasteiger partial charge in [0.1, 0.15) is 5.82 Å². The third-order valence-electron chi connectivity index (χ3n) is 11.9. The molecule has 3 aliphatic carbocycles. The van der Waals surface area contributed by atoms with E-state index in [0.29, 0.717) is 0 Å². The van der Waals surface area contributed by atoms with E-state index in [2.05, 4.69) is 108 Å². The molecule has 0 radical (unpaired) electrons. The molecule has 2 aromatic carbocycles. The Balaban J connectivity index is 0.00000504. The van der Waals surface area contributed by atoms with Crippen molar-refractivity contribution in [3.63, 3.8) is 0 Å². The van der Waals surface area contributed by atoms with Crippen LogP contribution in [-0.2, 0) is 19.5 Å². The molecular weight excluding hydrogens is 771 g/mol. The molecule has 4 aliphatic rings. The number of benzene rings is 2. The Labute approximate surface area is 335 Å². The summed E-state index contributed by atoms with van der Waals surface area (Å²) >= 11 is 16.5.